The first kappa shape index (κ1) is 5.68. The van der Waals surface area contributed by atoms with E-state index < -0.39 is 0 Å². The number of H-pyrrole nitrogens is 1. The first-order valence-corrected chi connectivity index (χ1v) is 3.20. The van der Waals surface area contributed by atoms with Crippen molar-refractivity contribution in [1.29, 1.82) is 0 Å². The molecule has 2 aromatic rings. The zero-order valence-corrected chi connectivity index (χ0v) is 5.76. The summed E-state index contributed by atoms with van der Waals surface area (Å²) in [6.45, 7) is 0. The number of rotatable bonds is 0. The highest BCUT2D eigenvalue weighted by molar-refractivity contribution is 6.28. The molecular formula is C6H4ClN3. The van der Waals surface area contributed by atoms with Gasteiger partial charge in [-0.1, -0.05) is 0 Å². The van der Waals surface area contributed by atoms with Gasteiger partial charge in [0.2, 0.25) is 5.28 Å². The number of hydrogen-bond donors (Lipinski definition) is 1. The van der Waals surface area contributed by atoms with E-state index in [1.807, 2.05) is 6.07 Å². The number of nitrogens with zero attached hydrogens (tertiary/aromatic N) is 2. The molecule has 3 nitrogen and oxygen atoms in total. The molecule has 0 radical (unpaired) electrons. The van der Waals surface area contributed by atoms with E-state index in [0.717, 1.165) is 11.0 Å². The molecule has 0 saturated carbocycles. The zero-order chi connectivity index (χ0) is 6.97. The summed E-state index contributed by atoms with van der Waals surface area (Å²) >= 11 is 5.54. The van der Waals surface area contributed by atoms with Crippen molar-refractivity contribution in [1.82, 2.24) is 15.0 Å². The second-order valence-corrected chi connectivity index (χ2v) is 2.25. The highest BCUT2D eigenvalue weighted by atomic mass is 35.5. The van der Waals surface area contributed by atoms with E-state index in [1.165, 1.54) is 0 Å². The normalized spacial score (nSPS) is 10.5. The summed E-state index contributed by atoms with van der Waals surface area (Å²) in [7, 11) is 0. The van der Waals surface area contributed by atoms with Crippen molar-refractivity contribution in [3.05, 3.63) is 23.7 Å². The van der Waals surface area contributed by atoms with Gasteiger partial charge in [0.1, 0.15) is 0 Å². The van der Waals surface area contributed by atoms with Crippen molar-refractivity contribution in [3.63, 3.8) is 0 Å². The van der Waals surface area contributed by atoms with Crippen LogP contribution in [0.1, 0.15) is 0 Å². The SMILES string of the molecule is Clc1ncc2[nH]ccc2n1. The molecule has 2 rings (SSSR count). The molecule has 0 aromatic carbocycles. The summed E-state index contributed by atoms with van der Waals surface area (Å²) in [5.41, 5.74) is 1.75. The molecule has 2 aromatic heterocycles. The van der Waals surface area contributed by atoms with Crippen LogP contribution in [0.2, 0.25) is 5.28 Å². The van der Waals surface area contributed by atoms with E-state index in [4.69, 9.17) is 11.6 Å². The zero-order valence-electron chi connectivity index (χ0n) is 5.00. The van der Waals surface area contributed by atoms with Crippen molar-refractivity contribution in [2.24, 2.45) is 0 Å². The number of fused-ring (bicyclic) bond motifs is 1. The molecule has 0 aliphatic heterocycles. The second-order valence-electron chi connectivity index (χ2n) is 1.92. The lowest BCUT2D eigenvalue weighted by Crippen LogP contribution is -1.79. The summed E-state index contributed by atoms with van der Waals surface area (Å²) in [6.07, 6.45) is 3.46. The molecular weight excluding hydrogens is 150 g/mol. The fraction of sp³-hybridized carbons (Fsp3) is 0. The Labute approximate surface area is 62.1 Å². The van der Waals surface area contributed by atoms with Gasteiger partial charge < -0.3 is 4.98 Å². The number of aromatic nitrogens is 3. The maximum Gasteiger partial charge on any atom is 0.223 e. The fourth-order valence-electron chi connectivity index (χ4n) is 0.821. The minimum Gasteiger partial charge on any atom is -0.359 e. The third kappa shape index (κ3) is 0.752. The minimum atomic E-state index is 0.284. The minimum absolute atomic E-state index is 0.284. The number of hydrogen-bond acceptors (Lipinski definition) is 2. The molecule has 0 aliphatic carbocycles. The second kappa shape index (κ2) is 1.95. The van der Waals surface area contributed by atoms with Gasteiger partial charge in [-0.15, -0.1) is 0 Å². The highest BCUT2D eigenvalue weighted by Crippen LogP contribution is 2.09. The maximum absolute atomic E-state index is 5.54. The molecule has 0 aliphatic rings. The van der Waals surface area contributed by atoms with E-state index in [2.05, 4.69) is 15.0 Å². The van der Waals surface area contributed by atoms with E-state index in [1.54, 1.807) is 12.4 Å². The molecule has 0 saturated heterocycles. The van der Waals surface area contributed by atoms with E-state index in [-0.39, 0.29) is 5.28 Å². The van der Waals surface area contributed by atoms with Crippen molar-refractivity contribution in [2.75, 3.05) is 0 Å². The van der Waals surface area contributed by atoms with E-state index in [9.17, 15) is 0 Å². The van der Waals surface area contributed by atoms with Gasteiger partial charge in [-0.25, -0.2) is 9.97 Å². The Kier molecular flexibility index (Phi) is 1.11. The predicted octanol–water partition coefficient (Wildman–Crippen LogP) is 1.61. The van der Waals surface area contributed by atoms with Gasteiger partial charge in [0.25, 0.3) is 0 Å². The summed E-state index contributed by atoms with van der Waals surface area (Å²) < 4.78 is 0. The van der Waals surface area contributed by atoms with Crippen molar-refractivity contribution >= 4 is 22.6 Å². The maximum atomic E-state index is 5.54. The molecule has 4 heteroatoms. The lowest BCUT2D eigenvalue weighted by Gasteiger charge is -1.87. The molecule has 2 heterocycles. The third-order valence-corrected chi connectivity index (χ3v) is 1.45. The average molecular weight is 154 g/mol. The van der Waals surface area contributed by atoms with Crippen LogP contribution in [0.4, 0.5) is 0 Å². The Morgan fingerprint density at radius 2 is 2.40 bits per heavy atom. The largest absolute Gasteiger partial charge is 0.359 e. The van der Waals surface area contributed by atoms with Gasteiger partial charge in [0.15, 0.2) is 0 Å². The van der Waals surface area contributed by atoms with Gasteiger partial charge in [0.05, 0.1) is 17.2 Å². The standard InChI is InChI=1S/C6H4ClN3/c7-6-9-3-5-4(10-6)1-2-8-5/h1-3,8H. The lowest BCUT2D eigenvalue weighted by molar-refractivity contribution is 1.22. The van der Waals surface area contributed by atoms with E-state index >= 15 is 0 Å². The van der Waals surface area contributed by atoms with Crippen molar-refractivity contribution < 1.29 is 0 Å². The average Bonchev–Trinajstić information content (AvgIpc) is 2.33. The molecule has 0 amide bonds. The Morgan fingerprint density at radius 1 is 1.50 bits per heavy atom. The van der Waals surface area contributed by atoms with Crippen LogP contribution in [0.3, 0.4) is 0 Å². The van der Waals surface area contributed by atoms with Crippen LogP contribution >= 0.6 is 11.6 Å². The topological polar surface area (TPSA) is 41.6 Å². The summed E-state index contributed by atoms with van der Waals surface area (Å²) in [4.78, 5) is 10.7. The summed E-state index contributed by atoms with van der Waals surface area (Å²) in [5, 5.41) is 0.284. The fourth-order valence-corrected chi connectivity index (χ4v) is 0.961. The molecule has 10 heavy (non-hydrogen) atoms. The van der Waals surface area contributed by atoms with Gasteiger partial charge in [-0.2, -0.15) is 0 Å². The number of halogens is 1. The number of aromatic amines is 1. The van der Waals surface area contributed by atoms with Gasteiger partial charge in [-0.05, 0) is 17.7 Å². The molecule has 0 bridgehead atoms. The molecule has 0 unspecified atom stereocenters. The Balaban J connectivity index is 2.86. The van der Waals surface area contributed by atoms with Gasteiger partial charge >= 0.3 is 0 Å². The first-order valence-electron chi connectivity index (χ1n) is 2.82. The van der Waals surface area contributed by atoms with Crippen LogP contribution in [0.15, 0.2) is 18.5 Å². The predicted molar refractivity (Wildman–Crippen MR) is 38.9 cm³/mol. The monoisotopic (exact) mass is 153 g/mol. The Morgan fingerprint density at radius 3 is 3.30 bits per heavy atom. The lowest BCUT2D eigenvalue weighted by atomic mass is 10.5. The third-order valence-electron chi connectivity index (χ3n) is 1.27. The summed E-state index contributed by atoms with van der Waals surface area (Å²) in [5.74, 6) is 0. The van der Waals surface area contributed by atoms with Crippen LogP contribution in [-0.2, 0) is 0 Å². The van der Waals surface area contributed by atoms with Crippen LogP contribution in [0, 0.1) is 0 Å². The quantitative estimate of drug-likeness (QED) is 0.585. The van der Waals surface area contributed by atoms with Crippen molar-refractivity contribution in [2.45, 2.75) is 0 Å². The molecule has 1 N–H and O–H groups in total. The molecule has 0 atom stereocenters. The van der Waals surface area contributed by atoms with Crippen molar-refractivity contribution in [3.8, 4) is 0 Å². The Bertz CT molecular complexity index is 355. The van der Waals surface area contributed by atoms with E-state index in [0.29, 0.717) is 0 Å². The van der Waals surface area contributed by atoms with Crippen LogP contribution in [-0.4, -0.2) is 15.0 Å². The van der Waals surface area contributed by atoms with Gasteiger partial charge in [-0.3, -0.25) is 0 Å². The first-order chi connectivity index (χ1) is 4.86. The smallest absolute Gasteiger partial charge is 0.223 e. The van der Waals surface area contributed by atoms with Crippen LogP contribution in [0.5, 0.6) is 0 Å². The summed E-state index contributed by atoms with van der Waals surface area (Å²) in [6, 6.07) is 1.85. The highest BCUT2D eigenvalue weighted by Gasteiger charge is 1.95. The Hall–Kier alpha value is -1.09. The van der Waals surface area contributed by atoms with Crippen LogP contribution in [0.25, 0.3) is 11.0 Å². The number of nitrogens with one attached hydrogen (secondary N) is 1. The molecule has 0 spiro atoms. The molecule has 50 valence electrons. The van der Waals surface area contributed by atoms with Gasteiger partial charge in [0, 0.05) is 6.20 Å². The van der Waals surface area contributed by atoms with Crippen LogP contribution < -0.4 is 0 Å². The molecule has 0 fully saturated rings.